The van der Waals surface area contributed by atoms with Crippen molar-refractivity contribution in [2.75, 3.05) is 13.2 Å². The summed E-state index contributed by atoms with van der Waals surface area (Å²) < 4.78 is 21.5. The van der Waals surface area contributed by atoms with E-state index in [-0.39, 0.29) is 18.0 Å². The van der Waals surface area contributed by atoms with Gasteiger partial charge in [0.2, 0.25) is 0 Å². The van der Waals surface area contributed by atoms with Gasteiger partial charge < -0.3 is 18.9 Å². The summed E-state index contributed by atoms with van der Waals surface area (Å²) in [4.78, 5) is 34.6. The molecule has 1 aliphatic carbocycles. The molecular formula is C30H36O7. The van der Waals surface area contributed by atoms with Crippen molar-refractivity contribution in [2.45, 2.75) is 70.3 Å². The molecule has 7 heteroatoms. The molecule has 1 saturated carbocycles. The Labute approximate surface area is 218 Å². The van der Waals surface area contributed by atoms with E-state index >= 15 is 0 Å². The van der Waals surface area contributed by atoms with Crippen LogP contribution in [0.2, 0.25) is 0 Å². The maximum absolute atomic E-state index is 12.5. The van der Waals surface area contributed by atoms with Crippen LogP contribution < -0.4 is 9.47 Å². The minimum absolute atomic E-state index is 0.0257. The van der Waals surface area contributed by atoms with Crippen LogP contribution in [0.3, 0.4) is 0 Å². The van der Waals surface area contributed by atoms with Crippen LogP contribution in [0.1, 0.15) is 80.1 Å². The zero-order chi connectivity index (χ0) is 26.5. The Morgan fingerprint density at radius 1 is 0.838 bits per heavy atom. The van der Waals surface area contributed by atoms with Crippen LogP contribution in [0.15, 0.2) is 61.2 Å². The smallest absolute Gasteiger partial charge is 0.343 e. The van der Waals surface area contributed by atoms with Gasteiger partial charge in [-0.2, -0.15) is 0 Å². The van der Waals surface area contributed by atoms with Gasteiger partial charge in [0.05, 0.1) is 18.8 Å². The van der Waals surface area contributed by atoms with Crippen molar-refractivity contribution in [2.24, 2.45) is 0 Å². The Balaban J connectivity index is 1.35. The second-order valence-electron chi connectivity index (χ2n) is 9.20. The third kappa shape index (κ3) is 9.75. The lowest BCUT2D eigenvalue weighted by Gasteiger charge is -2.28. The molecule has 2 aromatic rings. The minimum Gasteiger partial charge on any atom is -0.494 e. The average molecular weight is 509 g/mol. The maximum atomic E-state index is 12.5. The largest absolute Gasteiger partial charge is 0.494 e. The first kappa shape index (κ1) is 28.0. The standard InChI is InChI=1S/C30H36O7/c1-3-29(32)35-21-7-5-4-6-20-34-26-14-12-25(13-15-26)30(33)37-28-18-10-24(11-19-28)23-8-16-27(17-9-23)36-22(2)31/h3,10-15,18-19,23,27H,1,4-9,16-17,20-21H2,2H3. The molecule has 7 nitrogen and oxygen atoms in total. The number of unbranched alkanes of at least 4 members (excludes halogenated alkanes) is 3. The van der Waals surface area contributed by atoms with Crippen LogP contribution in [0.4, 0.5) is 0 Å². The molecule has 0 bridgehead atoms. The molecule has 198 valence electrons. The first-order valence-corrected chi connectivity index (χ1v) is 13.0. The van der Waals surface area contributed by atoms with Crippen LogP contribution in [-0.2, 0) is 19.1 Å². The number of carbonyl (C=O) groups excluding carboxylic acids is 3. The predicted molar refractivity (Wildman–Crippen MR) is 140 cm³/mol. The van der Waals surface area contributed by atoms with Gasteiger partial charge in [-0.05, 0) is 99.2 Å². The van der Waals surface area contributed by atoms with Crippen LogP contribution in [0.5, 0.6) is 11.5 Å². The molecular weight excluding hydrogens is 472 g/mol. The molecule has 0 unspecified atom stereocenters. The van der Waals surface area contributed by atoms with E-state index in [0.29, 0.717) is 36.2 Å². The zero-order valence-electron chi connectivity index (χ0n) is 21.5. The highest BCUT2D eigenvalue weighted by atomic mass is 16.5. The fourth-order valence-corrected chi connectivity index (χ4v) is 4.39. The molecule has 0 aliphatic heterocycles. The molecule has 0 heterocycles. The summed E-state index contributed by atoms with van der Waals surface area (Å²) in [6, 6.07) is 14.6. The predicted octanol–water partition coefficient (Wildman–Crippen LogP) is 6.16. The molecule has 3 rings (SSSR count). The van der Waals surface area contributed by atoms with E-state index in [1.54, 1.807) is 24.3 Å². The number of hydrogen-bond donors (Lipinski definition) is 0. The highest BCUT2D eigenvalue weighted by Gasteiger charge is 2.24. The van der Waals surface area contributed by atoms with Gasteiger partial charge >= 0.3 is 17.9 Å². The molecule has 37 heavy (non-hydrogen) atoms. The fraction of sp³-hybridized carbons (Fsp3) is 0.433. The lowest BCUT2D eigenvalue weighted by Crippen LogP contribution is -2.22. The zero-order valence-corrected chi connectivity index (χ0v) is 21.5. The first-order valence-electron chi connectivity index (χ1n) is 13.0. The van der Waals surface area contributed by atoms with E-state index in [1.807, 2.05) is 24.3 Å². The lowest BCUT2D eigenvalue weighted by molar-refractivity contribution is -0.147. The fourth-order valence-electron chi connectivity index (χ4n) is 4.39. The summed E-state index contributed by atoms with van der Waals surface area (Å²) in [5, 5.41) is 0. The second-order valence-corrected chi connectivity index (χ2v) is 9.20. The SMILES string of the molecule is C=CC(=O)OCCCCCCOc1ccc(C(=O)Oc2ccc(C3CCC(OC(C)=O)CC3)cc2)cc1. The van der Waals surface area contributed by atoms with Crippen molar-refractivity contribution in [1.29, 1.82) is 0 Å². The summed E-state index contributed by atoms with van der Waals surface area (Å²) in [6.07, 6.45) is 8.52. The number of ether oxygens (including phenoxy) is 4. The number of hydrogen-bond acceptors (Lipinski definition) is 7. The van der Waals surface area contributed by atoms with Gasteiger partial charge in [-0.15, -0.1) is 0 Å². The molecule has 0 spiro atoms. The van der Waals surface area contributed by atoms with E-state index < -0.39 is 5.97 Å². The number of rotatable bonds is 13. The molecule has 1 aliphatic rings. The number of esters is 3. The van der Waals surface area contributed by atoms with E-state index in [2.05, 4.69) is 6.58 Å². The van der Waals surface area contributed by atoms with Gasteiger partial charge in [-0.1, -0.05) is 18.7 Å². The summed E-state index contributed by atoms with van der Waals surface area (Å²) in [6.45, 7) is 5.80. The van der Waals surface area contributed by atoms with Gasteiger partial charge in [-0.25, -0.2) is 9.59 Å². The molecule has 1 fully saturated rings. The second kappa shape index (κ2) is 14.8. The van der Waals surface area contributed by atoms with Crippen molar-refractivity contribution in [1.82, 2.24) is 0 Å². The summed E-state index contributed by atoms with van der Waals surface area (Å²) in [7, 11) is 0. The van der Waals surface area contributed by atoms with Crippen LogP contribution in [0.25, 0.3) is 0 Å². The van der Waals surface area contributed by atoms with E-state index in [0.717, 1.165) is 51.4 Å². The van der Waals surface area contributed by atoms with Gasteiger partial charge in [0.1, 0.15) is 17.6 Å². The summed E-state index contributed by atoms with van der Waals surface area (Å²) in [5.74, 6) is 0.600. The molecule has 0 amide bonds. The summed E-state index contributed by atoms with van der Waals surface area (Å²) >= 11 is 0. The van der Waals surface area contributed by atoms with Crippen molar-refractivity contribution in [3.8, 4) is 11.5 Å². The topological polar surface area (TPSA) is 88.1 Å². The van der Waals surface area contributed by atoms with Gasteiger partial charge in [-0.3, -0.25) is 4.79 Å². The monoisotopic (exact) mass is 508 g/mol. The highest BCUT2D eigenvalue weighted by Crippen LogP contribution is 2.34. The van der Waals surface area contributed by atoms with Crippen molar-refractivity contribution in [3.05, 3.63) is 72.3 Å². The van der Waals surface area contributed by atoms with Crippen LogP contribution >= 0.6 is 0 Å². The third-order valence-electron chi connectivity index (χ3n) is 6.38. The number of benzene rings is 2. The first-order chi connectivity index (χ1) is 17.9. The Morgan fingerprint density at radius 3 is 2.08 bits per heavy atom. The number of carbonyl (C=O) groups is 3. The molecule has 0 atom stereocenters. The van der Waals surface area contributed by atoms with E-state index in [9.17, 15) is 14.4 Å². The summed E-state index contributed by atoms with van der Waals surface area (Å²) in [5.41, 5.74) is 1.66. The Bertz CT molecular complexity index is 1020. The van der Waals surface area contributed by atoms with Crippen LogP contribution in [-0.4, -0.2) is 37.2 Å². The molecule has 0 saturated heterocycles. The maximum Gasteiger partial charge on any atom is 0.343 e. The highest BCUT2D eigenvalue weighted by molar-refractivity contribution is 5.91. The molecule has 0 N–H and O–H groups in total. The Hall–Kier alpha value is -3.61. The van der Waals surface area contributed by atoms with E-state index in [4.69, 9.17) is 18.9 Å². The normalized spacial score (nSPS) is 16.9. The third-order valence-corrected chi connectivity index (χ3v) is 6.38. The van der Waals surface area contributed by atoms with Crippen molar-refractivity contribution < 1.29 is 33.3 Å². The van der Waals surface area contributed by atoms with Crippen molar-refractivity contribution in [3.63, 3.8) is 0 Å². The average Bonchev–Trinajstić information content (AvgIpc) is 2.91. The van der Waals surface area contributed by atoms with Crippen molar-refractivity contribution >= 4 is 17.9 Å². The Kier molecular flexibility index (Phi) is 11.2. The quantitative estimate of drug-likeness (QED) is 0.138. The van der Waals surface area contributed by atoms with Gasteiger partial charge in [0.25, 0.3) is 0 Å². The minimum atomic E-state index is -0.418. The molecule has 2 aromatic carbocycles. The molecule has 0 radical (unpaired) electrons. The lowest BCUT2D eigenvalue weighted by atomic mass is 9.83. The van der Waals surface area contributed by atoms with Crippen LogP contribution in [0, 0.1) is 0 Å². The molecule has 0 aromatic heterocycles. The Morgan fingerprint density at radius 2 is 1.46 bits per heavy atom. The van der Waals surface area contributed by atoms with Gasteiger partial charge in [0.15, 0.2) is 0 Å². The van der Waals surface area contributed by atoms with E-state index in [1.165, 1.54) is 18.6 Å². The van der Waals surface area contributed by atoms with Gasteiger partial charge in [0, 0.05) is 13.0 Å².